The van der Waals surface area contributed by atoms with Crippen LogP contribution in [-0.2, 0) is 4.74 Å². The number of thiazole rings is 1. The number of ether oxygens (including phenoxy) is 1. The van der Waals surface area contributed by atoms with Crippen LogP contribution in [-0.4, -0.2) is 43.4 Å². The van der Waals surface area contributed by atoms with Gasteiger partial charge in [0.15, 0.2) is 5.13 Å². The molecule has 0 unspecified atom stereocenters. The van der Waals surface area contributed by atoms with E-state index in [1.807, 2.05) is 30.3 Å². The number of aromatic nitrogens is 1. The average molecular weight is 407 g/mol. The molecule has 1 aromatic heterocycles. The first-order valence-corrected chi connectivity index (χ1v) is 10.1. The van der Waals surface area contributed by atoms with Gasteiger partial charge in [-0.1, -0.05) is 41.7 Å². The third-order valence-corrected chi connectivity index (χ3v) is 5.54. The van der Waals surface area contributed by atoms with Crippen LogP contribution in [0.1, 0.15) is 15.2 Å². The third kappa shape index (κ3) is 4.61. The number of morpholine rings is 1. The van der Waals surface area contributed by atoms with Crippen molar-refractivity contribution < 1.29 is 9.53 Å². The molecule has 1 aliphatic rings. The van der Waals surface area contributed by atoms with E-state index in [2.05, 4.69) is 15.4 Å². The number of hydrazone groups is 1. The number of nitrogens with two attached hydrogens (primary N) is 1. The Bertz CT molecular complexity index is 996. The topological polar surface area (TPSA) is 92.8 Å². The molecule has 0 radical (unpaired) electrons. The first-order valence-electron chi connectivity index (χ1n) is 9.28. The lowest BCUT2D eigenvalue weighted by Gasteiger charge is -2.26. The van der Waals surface area contributed by atoms with Gasteiger partial charge in [-0.15, -0.1) is 0 Å². The van der Waals surface area contributed by atoms with Crippen molar-refractivity contribution in [3.8, 4) is 11.3 Å². The largest absolute Gasteiger partial charge is 0.399 e. The normalized spacial score (nSPS) is 14.3. The number of nitrogens with zero attached hydrogens (tertiary/aromatic N) is 3. The number of anilines is 2. The van der Waals surface area contributed by atoms with E-state index in [-0.39, 0.29) is 5.91 Å². The minimum absolute atomic E-state index is 0.291. The maximum atomic E-state index is 12.3. The van der Waals surface area contributed by atoms with Crippen LogP contribution in [0.2, 0.25) is 0 Å². The molecule has 3 aromatic rings. The van der Waals surface area contributed by atoms with E-state index in [1.54, 1.807) is 41.8 Å². The zero-order valence-corrected chi connectivity index (χ0v) is 16.6. The molecule has 7 nitrogen and oxygen atoms in total. The molecule has 0 aliphatic carbocycles. The predicted octanol–water partition coefficient (Wildman–Crippen LogP) is 2.99. The number of nitrogen functional groups attached to an aromatic ring is 1. The number of carbonyl (C=O) groups excluding carboxylic acids is 1. The summed E-state index contributed by atoms with van der Waals surface area (Å²) in [7, 11) is 0. The smallest absolute Gasteiger partial charge is 0.271 e. The van der Waals surface area contributed by atoms with E-state index >= 15 is 0 Å². The van der Waals surface area contributed by atoms with E-state index < -0.39 is 0 Å². The van der Waals surface area contributed by atoms with Gasteiger partial charge in [0.2, 0.25) is 0 Å². The summed E-state index contributed by atoms with van der Waals surface area (Å²) in [5, 5.41) is 5.09. The molecule has 1 aliphatic heterocycles. The maximum absolute atomic E-state index is 12.3. The lowest BCUT2D eigenvalue weighted by molar-refractivity contribution is 0.0955. The van der Waals surface area contributed by atoms with Crippen molar-refractivity contribution in [1.82, 2.24) is 10.4 Å². The van der Waals surface area contributed by atoms with Crippen molar-refractivity contribution in [2.75, 3.05) is 36.9 Å². The Hall–Kier alpha value is -3.23. The zero-order chi connectivity index (χ0) is 20.1. The quantitative estimate of drug-likeness (QED) is 0.385. The molecular formula is C21H21N5O2S. The molecule has 1 fully saturated rings. The Morgan fingerprint density at radius 3 is 2.59 bits per heavy atom. The Labute approximate surface area is 172 Å². The van der Waals surface area contributed by atoms with E-state index in [0.29, 0.717) is 24.5 Å². The molecule has 2 heterocycles. The number of hydrogen-bond donors (Lipinski definition) is 2. The van der Waals surface area contributed by atoms with Crippen LogP contribution in [0.5, 0.6) is 0 Å². The highest BCUT2D eigenvalue weighted by molar-refractivity contribution is 7.17. The average Bonchev–Trinajstić information content (AvgIpc) is 3.19. The molecule has 0 saturated carbocycles. The van der Waals surface area contributed by atoms with Gasteiger partial charge in [0.25, 0.3) is 5.91 Å². The predicted molar refractivity (Wildman–Crippen MR) is 116 cm³/mol. The molecule has 0 spiro atoms. The van der Waals surface area contributed by atoms with Crippen LogP contribution in [0.3, 0.4) is 0 Å². The lowest BCUT2D eigenvalue weighted by atomic mass is 10.1. The van der Waals surface area contributed by atoms with Crippen molar-refractivity contribution in [2.24, 2.45) is 5.10 Å². The SMILES string of the molecule is Nc1ccc(C(=O)NN=Cc2sc(N3CCOCC3)nc2-c2ccccc2)cc1. The third-order valence-electron chi connectivity index (χ3n) is 4.49. The number of nitrogens with one attached hydrogen (secondary N) is 1. The highest BCUT2D eigenvalue weighted by Gasteiger charge is 2.18. The molecule has 8 heteroatoms. The van der Waals surface area contributed by atoms with Crippen molar-refractivity contribution in [3.63, 3.8) is 0 Å². The number of carbonyl (C=O) groups is 1. The summed E-state index contributed by atoms with van der Waals surface area (Å²) in [6.07, 6.45) is 1.65. The molecule has 1 saturated heterocycles. The number of benzene rings is 2. The van der Waals surface area contributed by atoms with Crippen molar-refractivity contribution >= 4 is 34.3 Å². The first kappa shape index (κ1) is 19.1. The molecule has 0 atom stereocenters. The fraction of sp³-hybridized carbons (Fsp3) is 0.190. The standard InChI is InChI=1S/C21H21N5O2S/c22-17-8-6-16(7-9-17)20(27)25-23-14-18-19(15-4-2-1-3-5-15)24-21(29-18)26-10-12-28-13-11-26/h1-9,14H,10-13,22H2,(H,25,27). The van der Waals surface area contributed by atoms with Crippen LogP contribution in [0.25, 0.3) is 11.3 Å². The van der Waals surface area contributed by atoms with Gasteiger partial charge >= 0.3 is 0 Å². The summed E-state index contributed by atoms with van der Waals surface area (Å²) >= 11 is 1.55. The van der Waals surface area contributed by atoms with Gasteiger partial charge < -0.3 is 15.4 Å². The summed E-state index contributed by atoms with van der Waals surface area (Å²) < 4.78 is 5.44. The van der Waals surface area contributed by atoms with Gasteiger partial charge in [-0.25, -0.2) is 10.4 Å². The van der Waals surface area contributed by atoms with Crippen LogP contribution in [0.15, 0.2) is 59.7 Å². The molecular weight excluding hydrogens is 386 g/mol. The number of rotatable bonds is 5. The summed E-state index contributed by atoms with van der Waals surface area (Å²) in [6.45, 7) is 3.01. The minimum Gasteiger partial charge on any atom is -0.399 e. The molecule has 2 aromatic carbocycles. The van der Waals surface area contributed by atoms with Crippen molar-refractivity contribution in [1.29, 1.82) is 0 Å². The second-order valence-corrected chi connectivity index (χ2v) is 7.50. The van der Waals surface area contributed by atoms with Gasteiger partial charge in [-0.2, -0.15) is 5.10 Å². The zero-order valence-electron chi connectivity index (χ0n) is 15.7. The Balaban J connectivity index is 1.56. The molecule has 0 bridgehead atoms. The van der Waals surface area contributed by atoms with Crippen LogP contribution < -0.4 is 16.1 Å². The van der Waals surface area contributed by atoms with Crippen LogP contribution in [0, 0.1) is 0 Å². The van der Waals surface area contributed by atoms with E-state index in [0.717, 1.165) is 34.4 Å². The minimum atomic E-state index is -0.291. The van der Waals surface area contributed by atoms with Gasteiger partial charge in [-0.05, 0) is 24.3 Å². The van der Waals surface area contributed by atoms with Crippen molar-refractivity contribution in [2.45, 2.75) is 0 Å². The molecule has 4 rings (SSSR count). The molecule has 148 valence electrons. The lowest BCUT2D eigenvalue weighted by Crippen LogP contribution is -2.36. The fourth-order valence-corrected chi connectivity index (χ4v) is 3.96. The summed E-state index contributed by atoms with van der Waals surface area (Å²) in [5.74, 6) is -0.291. The molecule has 3 N–H and O–H groups in total. The van der Waals surface area contributed by atoms with Gasteiger partial charge in [-0.3, -0.25) is 4.79 Å². The van der Waals surface area contributed by atoms with E-state index in [4.69, 9.17) is 15.5 Å². The summed E-state index contributed by atoms with van der Waals surface area (Å²) in [6, 6.07) is 16.7. The Morgan fingerprint density at radius 1 is 1.14 bits per heavy atom. The highest BCUT2D eigenvalue weighted by atomic mass is 32.1. The molecule has 29 heavy (non-hydrogen) atoms. The van der Waals surface area contributed by atoms with Crippen LogP contribution >= 0.6 is 11.3 Å². The number of amides is 1. The summed E-state index contributed by atoms with van der Waals surface area (Å²) in [4.78, 5) is 20.2. The fourth-order valence-electron chi connectivity index (χ4n) is 2.95. The van der Waals surface area contributed by atoms with E-state index in [9.17, 15) is 4.79 Å². The maximum Gasteiger partial charge on any atom is 0.271 e. The second-order valence-electron chi connectivity index (χ2n) is 6.50. The Kier molecular flexibility index (Phi) is 5.83. The van der Waals surface area contributed by atoms with Crippen molar-refractivity contribution in [3.05, 3.63) is 65.0 Å². The number of hydrogen-bond acceptors (Lipinski definition) is 7. The highest BCUT2D eigenvalue weighted by Crippen LogP contribution is 2.32. The summed E-state index contributed by atoms with van der Waals surface area (Å²) in [5.41, 5.74) is 11.2. The van der Waals surface area contributed by atoms with E-state index in [1.165, 1.54) is 0 Å². The molecule has 1 amide bonds. The first-order chi connectivity index (χ1) is 14.2. The van der Waals surface area contributed by atoms with Gasteiger partial charge in [0, 0.05) is 29.9 Å². The monoisotopic (exact) mass is 407 g/mol. The second kappa shape index (κ2) is 8.85. The Morgan fingerprint density at radius 2 is 1.86 bits per heavy atom. The van der Waals surface area contributed by atoms with Gasteiger partial charge in [0.05, 0.1) is 30.0 Å². The van der Waals surface area contributed by atoms with Crippen LogP contribution in [0.4, 0.5) is 10.8 Å². The van der Waals surface area contributed by atoms with Gasteiger partial charge in [0.1, 0.15) is 0 Å².